The van der Waals surface area contributed by atoms with Crippen LogP contribution in [0.3, 0.4) is 0 Å². The van der Waals surface area contributed by atoms with Crippen molar-refractivity contribution < 1.29 is 0 Å². The van der Waals surface area contributed by atoms with Gasteiger partial charge in [-0.05, 0) is 38.3 Å². The first kappa shape index (κ1) is 14.8. The number of hydrogen-bond acceptors (Lipinski definition) is 3. The van der Waals surface area contributed by atoms with Crippen LogP contribution in [0, 0.1) is 5.92 Å². The van der Waals surface area contributed by atoms with Gasteiger partial charge in [-0.2, -0.15) is 0 Å². The van der Waals surface area contributed by atoms with E-state index in [1.165, 1.54) is 0 Å². The second kappa shape index (κ2) is 7.24. The van der Waals surface area contributed by atoms with E-state index in [4.69, 9.17) is 4.98 Å². The second-order valence-electron chi connectivity index (χ2n) is 5.45. The SMILES string of the molecule is CCCNc1cccc(N(CC(C)C)C(C)C)n1. The molecule has 0 saturated heterocycles. The van der Waals surface area contributed by atoms with Crippen molar-refractivity contribution in [2.24, 2.45) is 5.92 Å². The molecule has 0 atom stereocenters. The summed E-state index contributed by atoms with van der Waals surface area (Å²) in [6, 6.07) is 6.68. The zero-order chi connectivity index (χ0) is 13.5. The van der Waals surface area contributed by atoms with Crippen molar-refractivity contribution in [3.63, 3.8) is 0 Å². The molecule has 0 bridgehead atoms. The normalized spacial score (nSPS) is 11.1. The molecule has 0 aromatic carbocycles. The summed E-state index contributed by atoms with van der Waals surface area (Å²) in [7, 11) is 0. The van der Waals surface area contributed by atoms with Crippen molar-refractivity contribution in [1.82, 2.24) is 4.98 Å². The summed E-state index contributed by atoms with van der Waals surface area (Å²) in [5.41, 5.74) is 0. The molecule has 1 heterocycles. The monoisotopic (exact) mass is 249 g/mol. The molecule has 1 N–H and O–H groups in total. The largest absolute Gasteiger partial charge is 0.370 e. The molecule has 0 unspecified atom stereocenters. The van der Waals surface area contributed by atoms with Crippen LogP contribution in [0.2, 0.25) is 0 Å². The Bertz CT molecular complexity index is 347. The molecule has 1 rings (SSSR count). The van der Waals surface area contributed by atoms with Gasteiger partial charge in [0.25, 0.3) is 0 Å². The number of nitrogens with one attached hydrogen (secondary N) is 1. The van der Waals surface area contributed by atoms with Crippen LogP contribution < -0.4 is 10.2 Å². The summed E-state index contributed by atoms with van der Waals surface area (Å²) in [4.78, 5) is 7.06. The quantitative estimate of drug-likeness (QED) is 0.797. The van der Waals surface area contributed by atoms with Gasteiger partial charge in [0.1, 0.15) is 11.6 Å². The summed E-state index contributed by atoms with van der Waals surface area (Å²) in [6.45, 7) is 13.1. The summed E-state index contributed by atoms with van der Waals surface area (Å²) < 4.78 is 0. The van der Waals surface area contributed by atoms with Crippen molar-refractivity contribution in [3.8, 4) is 0 Å². The van der Waals surface area contributed by atoms with E-state index in [9.17, 15) is 0 Å². The maximum Gasteiger partial charge on any atom is 0.131 e. The molecular formula is C15H27N3. The van der Waals surface area contributed by atoms with Crippen molar-refractivity contribution in [1.29, 1.82) is 0 Å². The molecule has 18 heavy (non-hydrogen) atoms. The van der Waals surface area contributed by atoms with Crippen molar-refractivity contribution in [3.05, 3.63) is 18.2 Å². The van der Waals surface area contributed by atoms with Crippen LogP contribution >= 0.6 is 0 Å². The van der Waals surface area contributed by atoms with E-state index in [1.54, 1.807) is 0 Å². The first-order valence-electron chi connectivity index (χ1n) is 7.02. The topological polar surface area (TPSA) is 28.2 Å². The van der Waals surface area contributed by atoms with Gasteiger partial charge in [0, 0.05) is 19.1 Å². The van der Waals surface area contributed by atoms with Gasteiger partial charge in [-0.15, -0.1) is 0 Å². The summed E-state index contributed by atoms with van der Waals surface area (Å²) in [5.74, 6) is 2.69. The zero-order valence-corrected chi connectivity index (χ0v) is 12.4. The second-order valence-corrected chi connectivity index (χ2v) is 5.45. The molecule has 0 aliphatic rings. The molecule has 0 radical (unpaired) electrons. The average molecular weight is 249 g/mol. The summed E-state index contributed by atoms with van der Waals surface area (Å²) >= 11 is 0. The first-order valence-corrected chi connectivity index (χ1v) is 7.02. The molecule has 3 nitrogen and oxygen atoms in total. The number of hydrogen-bond donors (Lipinski definition) is 1. The number of rotatable bonds is 7. The molecule has 3 heteroatoms. The highest BCUT2D eigenvalue weighted by molar-refractivity contribution is 5.47. The highest BCUT2D eigenvalue weighted by Crippen LogP contribution is 2.18. The van der Waals surface area contributed by atoms with E-state index < -0.39 is 0 Å². The van der Waals surface area contributed by atoms with E-state index in [1.807, 2.05) is 6.07 Å². The molecule has 0 fully saturated rings. The fourth-order valence-electron chi connectivity index (χ4n) is 1.90. The number of aromatic nitrogens is 1. The van der Waals surface area contributed by atoms with Gasteiger partial charge in [0.2, 0.25) is 0 Å². The maximum absolute atomic E-state index is 4.70. The van der Waals surface area contributed by atoms with Crippen LogP contribution in [0.4, 0.5) is 11.6 Å². The van der Waals surface area contributed by atoms with Gasteiger partial charge >= 0.3 is 0 Å². The van der Waals surface area contributed by atoms with Crippen LogP contribution in [0.15, 0.2) is 18.2 Å². The number of pyridine rings is 1. The molecule has 0 aliphatic heterocycles. The Morgan fingerprint density at radius 1 is 1.22 bits per heavy atom. The van der Waals surface area contributed by atoms with Gasteiger partial charge in [-0.25, -0.2) is 4.98 Å². The number of anilines is 2. The lowest BCUT2D eigenvalue weighted by atomic mass is 10.2. The smallest absolute Gasteiger partial charge is 0.131 e. The lowest BCUT2D eigenvalue weighted by Crippen LogP contribution is -2.34. The Balaban J connectivity index is 2.83. The third-order valence-corrected chi connectivity index (χ3v) is 2.77. The predicted octanol–water partition coefficient (Wildman–Crippen LogP) is 3.77. The lowest BCUT2D eigenvalue weighted by molar-refractivity contribution is 0.566. The highest BCUT2D eigenvalue weighted by atomic mass is 15.2. The Labute approximate surface area is 112 Å². The maximum atomic E-state index is 4.70. The minimum atomic E-state index is 0.473. The fraction of sp³-hybridized carbons (Fsp3) is 0.667. The lowest BCUT2D eigenvalue weighted by Gasteiger charge is -2.29. The molecule has 0 saturated carbocycles. The Morgan fingerprint density at radius 2 is 1.94 bits per heavy atom. The Hall–Kier alpha value is -1.25. The fourth-order valence-corrected chi connectivity index (χ4v) is 1.90. The minimum absolute atomic E-state index is 0.473. The first-order chi connectivity index (χ1) is 8.54. The molecular weight excluding hydrogens is 222 g/mol. The Morgan fingerprint density at radius 3 is 2.50 bits per heavy atom. The molecule has 1 aromatic rings. The van der Waals surface area contributed by atoms with Gasteiger partial charge in [0.15, 0.2) is 0 Å². The van der Waals surface area contributed by atoms with Crippen molar-refractivity contribution in [2.75, 3.05) is 23.3 Å². The van der Waals surface area contributed by atoms with Crippen LogP contribution in [0.5, 0.6) is 0 Å². The van der Waals surface area contributed by atoms with Gasteiger partial charge in [-0.1, -0.05) is 26.8 Å². The molecule has 102 valence electrons. The third-order valence-electron chi connectivity index (χ3n) is 2.77. The van der Waals surface area contributed by atoms with Crippen molar-refractivity contribution in [2.45, 2.75) is 47.1 Å². The van der Waals surface area contributed by atoms with E-state index >= 15 is 0 Å². The third kappa shape index (κ3) is 4.55. The van der Waals surface area contributed by atoms with E-state index in [2.05, 4.69) is 57.0 Å². The Kier molecular flexibility index (Phi) is 5.96. The molecule has 0 amide bonds. The van der Waals surface area contributed by atoms with E-state index in [0.29, 0.717) is 12.0 Å². The van der Waals surface area contributed by atoms with Gasteiger partial charge in [-0.3, -0.25) is 0 Å². The van der Waals surface area contributed by atoms with Gasteiger partial charge < -0.3 is 10.2 Å². The average Bonchev–Trinajstić information content (AvgIpc) is 2.33. The summed E-state index contributed by atoms with van der Waals surface area (Å²) in [5, 5.41) is 3.34. The summed E-state index contributed by atoms with van der Waals surface area (Å²) in [6.07, 6.45) is 1.12. The van der Waals surface area contributed by atoms with Crippen molar-refractivity contribution >= 4 is 11.6 Å². The predicted molar refractivity (Wildman–Crippen MR) is 80.3 cm³/mol. The van der Waals surface area contributed by atoms with E-state index in [-0.39, 0.29) is 0 Å². The zero-order valence-electron chi connectivity index (χ0n) is 12.4. The van der Waals surface area contributed by atoms with Gasteiger partial charge in [0.05, 0.1) is 0 Å². The minimum Gasteiger partial charge on any atom is -0.370 e. The van der Waals surface area contributed by atoms with Crippen LogP contribution in [-0.4, -0.2) is 24.1 Å². The molecule has 0 aliphatic carbocycles. The van der Waals surface area contributed by atoms with E-state index in [0.717, 1.165) is 31.1 Å². The molecule has 1 aromatic heterocycles. The van der Waals surface area contributed by atoms with Crippen LogP contribution in [-0.2, 0) is 0 Å². The van der Waals surface area contributed by atoms with Crippen LogP contribution in [0.1, 0.15) is 41.0 Å². The van der Waals surface area contributed by atoms with Crippen LogP contribution in [0.25, 0.3) is 0 Å². The standard InChI is InChI=1S/C15H27N3/c1-6-10-16-14-8-7-9-15(17-14)18(13(4)5)11-12(2)3/h7-9,12-13H,6,10-11H2,1-5H3,(H,16,17). The highest BCUT2D eigenvalue weighted by Gasteiger charge is 2.13. The molecule has 0 spiro atoms. The number of nitrogens with zero attached hydrogens (tertiary/aromatic N) is 2.